The number of sulfonamides is 2. The summed E-state index contributed by atoms with van der Waals surface area (Å²) in [5.41, 5.74) is 0.600. The summed E-state index contributed by atoms with van der Waals surface area (Å²) in [5.74, 6) is -0.323. The number of nitrogens with zero attached hydrogens (tertiary/aromatic N) is 4. The van der Waals surface area contributed by atoms with Crippen LogP contribution in [0.1, 0.15) is 19.4 Å². The van der Waals surface area contributed by atoms with E-state index in [4.69, 9.17) is 16.3 Å². The smallest absolute Gasteiger partial charge is 0.280 e. The van der Waals surface area contributed by atoms with Crippen molar-refractivity contribution in [2.24, 2.45) is 13.0 Å². The molecule has 0 fully saturated rings. The quantitative estimate of drug-likeness (QED) is 0.362. The van der Waals surface area contributed by atoms with E-state index in [0.717, 1.165) is 0 Å². The molecule has 2 heterocycles. The maximum absolute atomic E-state index is 13.4. The number of hydrogen-bond donors (Lipinski definition) is 2. The zero-order chi connectivity index (χ0) is 30.8. The summed E-state index contributed by atoms with van der Waals surface area (Å²) in [6.07, 6.45) is 1.90. The number of halogens is 1. The number of aryl methyl sites for hydroxylation is 1. The highest BCUT2D eigenvalue weighted by atomic mass is 35.5. The highest BCUT2D eigenvalue weighted by molar-refractivity contribution is 7.92. The molecule has 4 rings (SSSR count). The Morgan fingerprint density at radius 2 is 1.88 bits per heavy atom. The van der Waals surface area contributed by atoms with Gasteiger partial charge in [-0.2, -0.15) is 12.7 Å². The zero-order valence-electron chi connectivity index (χ0n) is 23.6. The SMILES string of the molecule is C[C@H]1CN([C@@H](C)CO)C(=O)Cc2cc(NS(=O)(=O)c3cn(C)cn3)ccc2O[C@H]1CN(C)S(=O)(=O)c1ccc(Cl)cc1. The maximum atomic E-state index is 13.4. The average molecular weight is 640 g/mol. The van der Waals surface area contributed by atoms with Gasteiger partial charge in [0, 0.05) is 49.0 Å². The number of likely N-dealkylation sites (N-methyl/N-ethyl adjacent to an activating group) is 1. The van der Waals surface area contributed by atoms with E-state index in [9.17, 15) is 26.7 Å². The summed E-state index contributed by atoms with van der Waals surface area (Å²) in [6.45, 7) is 3.44. The highest BCUT2D eigenvalue weighted by Crippen LogP contribution is 2.30. The Hall–Kier alpha value is -3.17. The van der Waals surface area contributed by atoms with Crippen LogP contribution in [0.4, 0.5) is 5.69 Å². The van der Waals surface area contributed by atoms with Gasteiger partial charge in [-0.3, -0.25) is 9.52 Å². The van der Waals surface area contributed by atoms with E-state index >= 15 is 0 Å². The van der Waals surface area contributed by atoms with Crippen molar-refractivity contribution >= 4 is 43.2 Å². The van der Waals surface area contributed by atoms with Gasteiger partial charge in [-0.05, 0) is 49.4 Å². The number of aliphatic hydroxyl groups is 1. The van der Waals surface area contributed by atoms with Crippen molar-refractivity contribution in [1.82, 2.24) is 18.8 Å². The molecule has 1 amide bonds. The number of hydrogen-bond acceptors (Lipinski definition) is 8. The predicted octanol–water partition coefficient (Wildman–Crippen LogP) is 2.34. The fourth-order valence-electron chi connectivity index (χ4n) is 4.58. The lowest BCUT2D eigenvalue weighted by molar-refractivity contribution is -0.134. The van der Waals surface area contributed by atoms with Crippen LogP contribution in [-0.2, 0) is 38.3 Å². The van der Waals surface area contributed by atoms with E-state index in [1.165, 1.54) is 69.7 Å². The number of aliphatic hydroxyl groups excluding tert-OH is 1. The molecule has 0 saturated carbocycles. The lowest BCUT2D eigenvalue weighted by Gasteiger charge is -2.33. The number of imidazole rings is 1. The average Bonchev–Trinajstić information content (AvgIpc) is 3.40. The van der Waals surface area contributed by atoms with Crippen LogP contribution in [0.5, 0.6) is 5.75 Å². The summed E-state index contributed by atoms with van der Waals surface area (Å²) in [4.78, 5) is 18.9. The van der Waals surface area contributed by atoms with Gasteiger partial charge in [0.25, 0.3) is 10.0 Å². The van der Waals surface area contributed by atoms with Gasteiger partial charge in [0.15, 0.2) is 5.03 Å². The Labute approximate surface area is 251 Å². The van der Waals surface area contributed by atoms with Crippen molar-refractivity contribution in [2.75, 3.05) is 31.5 Å². The standard InChI is InChI=1S/C27H34ClN5O7S2/c1-18-13-33(19(2)16-34)27(35)12-20-11-22(30-41(36,37)26-15-31(3)17-29-26)7-10-24(20)40-25(18)14-32(4)42(38,39)23-8-5-21(28)6-9-23/h5-11,15,17-19,25,30,34H,12-14,16H2,1-4H3/t18-,19-,25-/m0/s1. The molecule has 228 valence electrons. The molecule has 1 aliphatic rings. The molecule has 0 radical (unpaired) electrons. The summed E-state index contributed by atoms with van der Waals surface area (Å²) < 4.78 is 63.9. The van der Waals surface area contributed by atoms with Gasteiger partial charge in [-0.15, -0.1) is 0 Å². The van der Waals surface area contributed by atoms with Gasteiger partial charge in [0.2, 0.25) is 15.9 Å². The number of amides is 1. The molecule has 3 atom stereocenters. The van der Waals surface area contributed by atoms with Crippen molar-refractivity contribution < 1.29 is 31.5 Å². The first kappa shape index (κ1) is 31.8. The van der Waals surface area contributed by atoms with E-state index in [-0.39, 0.29) is 53.6 Å². The lowest BCUT2D eigenvalue weighted by atomic mass is 10.0. The van der Waals surface area contributed by atoms with Crippen molar-refractivity contribution in [3.63, 3.8) is 0 Å². The van der Waals surface area contributed by atoms with E-state index in [1.54, 1.807) is 20.0 Å². The first-order chi connectivity index (χ1) is 19.7. The Morgan fingerprint density at radius 3 is 2.50 bits per heavy atom. The van der Waals surface area contributed by atoms with Gasteiger partial charge in [0.05, 0.1) is 36.8 Å². The third-order valence-corrected chi connectivity index (χ3v) is 10.4. The molecule has 12 nitrogen and oxygen atoms in total. The number of aromatic nitrogens is 2. The van der Waals surface area contributed by atoms with Crippen molar-refractivity contribution in [2.45, 2.75) is 42.3 Å². The first-order valence-corrected chi connectivity index (χ1v) is 16.4. The molecule has 0 aliphatic carbocycles. The number of nitrogens with one attached hydrogen (secondary N) is 1. The van der Waals surface area contributed by atoms with Crippen LogP contribution in [0.3, 0.4) is 0 Å². The number of carbonyl (C=O) groups excluding carboxylic acids is 1. The first-order valence-electron chi connectivity index (χ1n) is 13.1. The zero-order valence-corrected chi connectivity index (χ0v) is 26.0. The summed E-state index contributed by atoms with van der Waals surface area (Å²) in [5, 5.41) is 10.1. The molecule has 15 heteroatoms. The molecule has 1 aromatic heterocycles. The molecular weight excluding hydrogens is 606 g/mol. The van der Waals surface area contributed by atoms with Gasteiger partial charge in [-0.1, -0.05) is 18.5 Å². The van der Waals surface area contributed by atoms with Gasteiger partial charge >= 0.3 is 0 Å². The second kappa shape index (κ2) is 12.6. The van der Waals surface area contributed by atoms with Crippen molar-refractivity contribution in [3.8, 4) is 5.75 Å². The highest BCUT2D eigenvalue weighted by Gasteiger charge is 2.33. The monoisotopic (exact) mass is 639 g/mol. The Bertz CT molecular complexity index is 1650. The molecule has 2 aromatic carbocycles. The number of benzene rings is 2. The molecule has 0 unspecified atom stereocenters. The molecule has 42 heavy (non-hydrogen) atoms. The molecule has 0 bridgehead atoms. The Morgan fingerprint density at radius 1 is 1.19 bits per heavy atom. The third kappa shape index (κ3) is 7.06. The van der Waals surface area contributed by atoms with E-state index < -0.39 is 32.2 Å². The van der Waals surface area contributed by atoms with E-state index in [1.807, 2.05) is 6.92 Å². The minimum absolute atomic E-state index is 0.0465. The Kier molecular flexibility index (Phi) is 9.52. The summed E-state index contributed by atoms with van der Waals surface area (Å²) in [7, 11) is -4.79. The van der Waals surface area contributed by atoms with E-state index in [0.29, 0.717) is 16.3 Å². The fourth-order valence-corrected chi connectivity index (χ4v) is 6.93. The topological polar surface area (TPSA) is 151 Å². The number of ether oxygens (including phenoxy) is 1. The van der Waals surface area contributed by atoms with Crippen LogP contribution >= 0.6 is 11.6 Å². The fraction of sp³-hybridized carbons (Fsp3) is 0.407. The van der Waals surface area contributed by atoms with Crippen LogP contribution in [-0.4, -0.2) is 85.5 Å². The summed E-state index contributed by atoms with van der Waals surface area (Å²) in [6, 6.07) is 9.90. The molecule has 1 aliphatic heterocycles. The number of rotatable bonds is 9. The molecule has 2 N–H and O–H groups in total. The number of carbonyl (C=O) groups is 1. The van der Waals surface area contributed by atoms with Crippen molar-refractivity contribution in [3.05, 3.63) is 65.6 Å². The van der Waals surface area contributed by atoms with E-state index in [2.05, 4.69) is 9.71 Å². The van der Waals surface area contributed by atoms with Crippen LogP contribution in [0, 0.1) is 5.92 Å². The van der Waals surface area contributed by atoms with Crippen LogP contribution < -0.4 is 9.46 Å². The molecule has 3 aromatic rings. The maximum Gasteiger partial charge on any atom is 0.280 e. The normalized spacial score (nSPS) is 18.9. The van der Waals surface area contributed by atoms with Gasteiger partial charge in [-0.25, -0.2) is 13.4 Å². The van der Waals surface area contributed by atoms with Gasteiger partial charge < -0.3 is 19.3 Å². The minimum atomic E-state index is -4.00. The Balaban J connectivity index is 1.68. The summed E-state index contributed by atoms with van der Waals surface area (Å²) >= 11 is 5.93. The largest absolute Gasteiger partial charge is 0.488 e. The van der Waals surface area contributed by atoms with Crippen molar-refractivity contribution in [1.29, 1.82) is 0 Å². The minimum Gasteiger partial charge on any atom is -0.488 e. The second-order valence-corrected chi connectivity index (χ2v) is 14.5. The molecule has 0 saturated heterocycles. The van der Waals surface area contributed by atoms with Crippen LogP contribution in [0.25, 0.3) is 0 Å². The predicted molar refractivity (Wildman–Crippen MR) is 157 cm³/mol. The van der Waals surface area contributed by atoms with Crippen LogP contribution in [0.15, 0.2) is 64.9 Å². The molecule has 0 spiro atoms. The third-order valence-electron chi connectivity index (χ3n) is 7.08. The van der Waals surface area contributed by atoms with Crippen LogP contribution in [0.2, 0.25) is 5.02 Å². The lowest BCUT2D eigenvalue weighted by Crippen LogP contribution is -2.48. The number of fused-ring (bicyclic) bond motifs is 1. The second-order valence-electron chi connectivity index (χ2n) is 10.4. The van der Waals surface area contributed by atoms with Gasteiger partial charge in [0.1, 0.15) is 11.9 Å². The molecular formula is C27H34ClN5O7S2. The number of anilines is 1.